The Kier molecular flexibility index (Phi) is 4.71. The van der Waals surface area contributed by atoms with Crippen molar-refractivity contribution in [3.05, 3.63) is 70.8 Å². The van der Waals surface area contributed by atoms with Crippen molar-refractivity contribution in [2.45, 2.75) is 24.1 Å². The first-order chi connectivity index (χ1) is 12.6. The molecular formula is C20H20F2N2OS. The van der Waals surface area contributed by atoms with E-state index in [1.165, 1.54) is 29.0 Å². The van der Waals surface area contributed by atoms with Crippen LogP contribution >= 0.6 is 11.8 Å². The average molecular weight is 374 g/mol. The van der Waals surface area contributed by atoms with E-state index < -0.39 is 11.6 Å². The largest absolute Gasteiger partial charge is 0.383 e. The van der Waals surface area contributed by atoms with Crippen LogP contribution in [0.15, 0.2) is 47.6 Å². The van der Waals surface area contributed by atoms with Crippen molar-refractivity contribution in [3.8, 4) is 0 Å². The predicted molar refractivity (Wildman–Crippen MR) is 100 cm³/mol. The molecule has 26 heavy (non-hydrogen) atoms. The van der Waals surface area contributed by atoms with Gasteiger partial charge in [0.2, 0.25) is 0 Å². The van der Waals surface area contributed by atoms with Crippen LogP contribution in [0.25, 0.3) is 0 Å². The first kappa shape index (κ1) is 17.5. The van der Waals surface area contributed by atoms with Crippen molar-refractivity contribution in [2.24, 2.45) is 5.10 Å². The number of thioether (sulfide) groups is 1. The summed E-state index contributed by atoms with van der Waals surface area (Å²) >= 11 is 1.52. The second-order valence-corrected chi connectivity index (χ2v) is 7.81. The lowest BCUT2D eigenvalue weighted by molar-refractivity contribution is 0.102. The molecule has 136 valence electrons. The van der Waals surface area contributed by atoms with Crippen LogP contribution in [0.2, 0.25) is 0 Å². The topological polar surface area (TPSA) is 24.8 Å². The Hall–Kier alpha value is -1.92. The van der Waals surface area contributed by atoms with E-state index >= 15 is 0 Å². The van der Waals surface area contributed by atoms with Crippen LogP contribution in [0.1, 0.15) is 29.5 Å². The van der Waals surface area contributed by atoms with Gasteiger partial charge in [-0.3, -0.25) is 5.01 Å². The van der Waals surface area contributed by atoms with Gasteiger partial charge in [-0.1, -0.05) is 36.0 Å². The molecule has 0 fully saturated rings. The number of nitrogens with zero attached hydrogens (tertiary/aromatic N) is 2. The number of hydrazone groups is 1. The summed E-state index contributed by atoms with van der Waals surface area (Å²) in [5.74, 6) is -0.913. The van der Waals surface area contributed by atoms with E-state index in [0.29, 0.717) is 18.2 Å². The van der Waals surface area contributed by atoms with E-state index in [2.05, 4.69) is 12.1 Å². The Labute approximate surface area is 156 Å². The molecule has 1 unspecified atom stereocenters. The van der Waals surface area contributed by atoms with E-state index in [1.807, 2.05) is 17.1 Å². The van der Waals surface area contributed by atoms with E-state index in [1.54, 1.807) is 7.11 Å². The molecule has 0 amide bonds. The van der Waals surface area contributed by atoms with E-state index in [4.69, 9.17) is 9.84 Å². The molecule has 1 heterocycles. The Balaban J connectivity index is 1.79. The molecule has 0 saturated carbocycles. The summed E-state index contributed by atoms with van der Waals surface area (Å²) in [6.45, 7) is 1.12. The number of rotatable bonds is 4. The van der Waals surface area contributed by atoms with Crippen LogP contribution in [0.3, 0.4) is 0 Å². The summed E-state index contributed by atoms with van der Waals surface area (Å²) in [6.07, 6.45) is 2.96. The molecule has 0 bridgehead atoms. The van der Waals surface area contributed by atoms with Gasteiger partial charge < -0.3 is 4.74 Å². The van der Waals surface area contributed by atoms with E-state index in [-0.39, 0.29) is 10.4 Å². The molecule has 0 radical (unpaired) electrons. The highest BCUT2D eigenvalue weighted by Crippen LogP contribution is 2.53. The summed E-state index contributed by atoms with van der Waals surface area (Å²) < 4.78 is 33.3. The highest BCUT2D eigenvalue weighted by Gasteiger charge is 2.47. The molecule has 0 saturated heterocycles. The number of hydrogen-bond donors (Lipinski definition) is 0. The number of benzene rings is 2. The molecule has 6 heteroatoms. The number of fused-ring (bicyclic) bond motifs is 2. The minimum absolute atomic E-state index is 0.220. The quantitative estimate of drug-likeness (QED) is 0.787. The van der Waals surface area contributed by atoms with Gasteiger partial charge >= 0.3 is 0 Å². The standard InChI is InChI=1S/C20H20F2N2OS/c1-25-12-11-24-20(10-4-6-14-5-2-3-7-17(14)20)26-19(23-24)16-13-15(21)8-9-18(16)22/h2-3,5,7-9,13H,4,6,10-12H2,1H3. The van der Waals surface area contributed by atoms with Gasteiger partial charge in [0.25, 0.3) is 0 Å². The third-order valence-electron chi connectivity index (χ3n) is 4.96. The van der Waals surface area contributed by atoms with Crippen molar-refractivity contribution >= 4 is 16.8 Å². The molecule has 0 N–H and O–H groups in total. The Bertz CT molecular complexity index is 857. The first-order valence-electron chi connectivity index (χ1n) is 8.72. The second kappa shape index (κ2) is 7.00. The lowest BCUT2D eigenvalue weighted by Gasteiger charge is -2.41. The fraction of sp³-hybridized carbons (Fsp3) is 0.350. The second-order valence-electron chi connectivity index (χ2n) is 6.54. The number of aryl methyl sites for hydroxylation is 1. The van der Waals surface area contributed by atoms with Gasteiger partial charge in [-0.25, -0.2) is 8.78 Å². The summed E-state index contributed by atoms with van der Waals surface area (Å²) in [5, 5.41) is 7.22. The van der Waals surface area contributed by atoms with Gasteiger partial charge in [-0.15, -0.1) is 0 Å². The highest BCUT2D eigenvalue weighted by atomic mass is 32.2. The van der Waals surface area contributed by atoms with E-state index in [9.17, 15) is 8.78 Å². The number of methoxy groups -OCH3 is 1. The molecule has 1 atom stereocenters. The zero-order chi connectivity index (χ0) is 18.1. The highest BCUT2D eigenvalue weighted by molar-refractivity contribution is 8.15. The lowest BCUT2D eigenvalue weighted by atomic mass is 9.86. The van der Waals surface area contributed by atoms with Crippen LogP contribution in [-0.4, -0.2) is 30.3 Å². The minimum Gasteiger partial charge on any atom is -0.383 e. The Morgan fingerprint density at radius 2 is 2.08 bits per heavy atom. The number of ether oxygens (including phenoxy) is 1. The van der Waals surface area contributed by atoms with Crippen molar-refractivity contribution < 1.29 is 13.5 Å². The van der Waals surface area contributed by atoms with Crippen LogP contribution in [0.5, 0.6) is 0 Å². The van der Waals surface area contributed by atoms with Crippen LogP contribution in [0, 0.1) is 11.6 Å². The number of hydrogen-bond acceptors (Lipinski definition) is 4. The van der Waals surface area contributed by atoms with Crippen LogP contribution < -0.4 is 0 Å². The Morgan fingerprint density at radius 1 is 1.23 bits per heavy atom. The van der Waals surface area contributed by atoms with Crippen molar-refractivity contribution in [2.75, 3.05) is 20.3 Å². The van der Waals surface area contributed by atoms with Crippen LogP contribution in [-0.2, 0) is 16.0 Å². The molecule has 1 aliphatic heterocycles. The monoisotopic (exact) mass is 374 g/mol. The normalized spacial score (nSPS) is 21.8. The maximum atomic E-state index is 14.3. The van der Waals surface area contributed by atoms with Gasteiger partial charge in [0.1, 0.15) is 21.5 Å². The van der Waals surface area contributed by atoms with Crippen molar-refractivity contribution in [1.29, 1.82) is 0 Å². The summed E-state index contributed by atoms with van der Waals surface area (Å²) in [4.78, 5) is -0.387. The van der Waals surface area contributed by atoms with E-state index in [0.717, 1.165) is 31.4 Å². The zero-order valence-corrected chi connectivity index (χ0v) is 15.4. The molecule has 1 aliphatic carbocycles. The third-order valence-corrected chi connectivity index (χ3v) is 6.43. The molecule has 3 nitrogen and oxygen atoms in total. The van der Waals surface area contributed by atoms with Gasteiger partial charge in [-0.05, 0) is 48.6 Å². The summed E-state index contributed by atoms with van der Waals surface area (Å²) in [7, 11) is 1.65. The maximum Gasteiger partial charge on any atom is 0.134 e. The first-order valence-corrected chi connectivity index (χ1v) is 9.54. The number of halogens is 2. The Morgan fingerprint density at radius 3 is 2.92 bits per heavy atom. The molecule has 2 aromatic carbocycles. The van der Waals surface area contributed by atoms with Gasteiger partial charge in [0.05, 0.1) is 13.2 Å². The zero-order valence-electron chi connectivity index (χ0n) is 14.5. The summed E-state index contributed by atoms with van der Waals surface area (Å²) in [6, 6.07) is 11.9. The van der Waals surface area contributed by atoms with Crippen LogP contribution in [0.4, 0.5) is 8.78 Å². The molecule has 2 aromatic rings. The molecule has 2 aliphatic rings. The smallest absolute Gasteiger partial charge is 0.134 e. The average Bonchev–Trinajstić information content (AvgIpc) is 3.01. The van der Waals surface area contributed by atoms with Crippen molar-refractivity contribution in [1.82, 2.24) is 5.01 Å². The van der Waals surface area contributed by atoms with Gasteiger partial charge in [0, 0.05) is 12.7 Å². The molecular weight excluding hydrogens is 354 g/mol. The molecule has 4 rings (SSSR count). The van der Waals surface area contributed by atoms with Crippen molar-refractivity contribution in [3.63, 3.8) is 0 Å². The lowest BCUT2D eigenvalue weighted by Crippen LogP contribution is -2.41. The minimum atomic E-state index is -0.460. The SMILES string of the molecule is COCCN1N=C(c2cc(F)ccc2F)SC12CCCc1ccccc12. The predicted octanol–water partition coefficient (Wildman–Crippen LogP) is 4.51. The molecule has 0 aromatic heterocycles. The maximum absolute atomic E-state index is 14.3. The molecule has 1 spiro atoms. The third kappa shape index (κ3) is 2.91. The van der Waals surface area contributed by atoms with Gasteiger partial charge in [-0.2, -0.15) is 5.10 Å². The van der Waals surface area contributed by atoms with Gasteiger partial charge in [0.15, 0.2) is 0 Å². The fourth-order valence-corrected chi connectivity index (χ4v) is 5.27. The summed E-state index contributed by atoms with van der Waals surface area (Å²) in [5.41, 5.74) is 2.73. The fourth-order valence-electron chi connectivity index (χ4n) is 3.75.